The molecule has 2 bridgehead atoms. The summed E-state index contributed by atoms with van der Waals surface area (Å²) in [4.78, 5) is 36.8. The third-order valence-electron chi connectivity index (χ3n) is 8.46. The number of hydrogen-bond acceptors (Lipinski definition) is 8. The Labute approximate surface area is 212 Å². The third-order valence-corrected chi connectivity index (χ3v) is 8.46. The topological polar surface area (TPSA) is 97.4 Å². The highest BCUT2D eigenvalue weighted by atomic mass is 16.6. The number of rotatable bonds is 7. The summed E-state index contributed by atoms with van der Waals surface area (Å²) in [6.07, 6.45) is -0.0137. The summed E-state index contributed by atoms with van der Waals surface area (Å²) in [5.41, 5.74) is -1.82. The van der Waals surface area contributed by atoms with Gasteiger partial charge < -0.3 is 23.7 Å². The van der Waals surface area contributed by atoms with E-state index in [4.69, 9.17) is 23.7 Å². The number of esters is 3. The zero-order valence-electron chi connectivity index (χ0n) is 22.1. The summed E-state index contributed by atoms with van der Waals surface area (Å²) in [6.45, 7) is 10.4. The van der Waals surface area contributed by atoms with Crippen molar-refractivity contribution in [3.05, 3.63) is 35.9 Å². The molecule has 4 rings (SSSR count). The fourth-order valence-corrected chi connectivity index (χ4v) is 7.08. The quantitative estimate of drug-likeness (QED) is 0.408. The molecule has 8 nitrogen and oxygen atoms in total. The summed E-state index contributed by atoms with van der Waals surface area (Å²) < 4.78 is 31.4. The number of fused-ring (bicyclic) bond motifs is 1. The van der Waals surface area contributed by atoms with Gasteiger partial charge >= 0.3 is 17.9 Å². The lowest BCUT2D eigenvalue weighted by Crippen LogP contribution is -2.75. The van der Waals surface area contributed by atoms with Crippen LogP contribution in [0.15, 0.2) is 30.3 Å². The zero-order valence-corrected chi connectivity index (χ0v) is 22.1. The minimum Gasteiger partial charge on any atom is -0.465 e. The molecule has 7 atom stereocenters. The van der Waals surface area contributed by atoms with Gasteiger partial charge in [0.15, 0.2) is 0 Å². The second-order valence-electron chi connectivity index (χ2n) is 11.1. The number of hydrogen-bond donors (Lipinski definition) is 0. The van der Waals surface area contributed by atoms with E-state index in [1.807, 2.05) is 44.2 Å². The Morgan fingerprint density at radius 2 is 1.61 bits per heavy atom. The Hall–Kier alpha value is -2.45. The van der Waals surface area contributed by atoms with Gasteiger partial charge in [-0.2, -0.15) is 0 Å². The first-order valence-electron chi connectivity index (χ1n) is 12.8. The molecule has 1 spiro atoms. The van der Waals surface area contributed by atoms with Crippen molar-refractivity contribution in [2.75, 3.05) is 6.61 Å². The lowest BCUT2D eigenvalue weighted by Gasteiger charge is -2.62. The lowest BCUT2D eigenvalue weighted by molar-refractivity contribution is -0.309. The minimum atomic E-state index is -1.08. The second-order valence-corrected chi connectivity index (χ2v) is 11.1. The number of carbonyl (C=O) groups excluding carboxylic acids is 3. The van der Waals surface area contributed by atoms with Crippen molar-refractivity contribution in [1.82, 2.24) is 0 Å². The molecule has 1 aromatic carbocycles. The van der Waals surface area contributed by atoms with Crippen molar-refractivity contribution in [1.29, 1.82) is 0 Å². The largest absolute Gasteiger partial charge is 0.465 e. The van der Waals surface area contributed by atoms with Crippen molar-refractivity contribution >= 4 is 17.9 Å². The second kappa shape index (κ2) is 9.78. The van der Waals surface area contributed by atoms with E-state index in [1.165, 1.54) is 20.8 Å². The lowest BCUT2D eigenvalue weighted by atomic mass is 9.48. The van der Waals surface area contributed by atoms with E-state index >= 15 is 0 Å². The van der Waals surface area contributed by atoms with Gasteiger partial charge in [0, 0.05) is 26.7 Å². The number of carbonyl (C=O) groups is 3. The highest BCUT2D eigenvalue weighted by molar-refractivity contribution is 5.67. The fraction of sp³-hybridized carbons (Fsp3) is 0.679. The van der Waals surface area contributed by atoms with E-state index in [0.29, 0.717) is 25.9 Å². The first-order chi connectivity index (χ1) is 16.9. The van der Waals surface area contributed by atoms with Crippen LogP contribution in [0.1, 0.15) is 66.4 Å². The maximum Gasteiger partial charge on any atom is 0.303 e. The summed E-state index contributed by atoms with van der Waals surface area (Å²) in [6, 6.07) is 9.82. The number of benzene rings is 1. The van der Waals surface area contributed by atoms with Gasteiger partial charge in [0.25, 0.3) is 0 Å². The van der Waals surface area contributed by atoms with Crippen LogP contribution in [-0.4, -0.2) is 54.0 Å². The maximum absolute atomic E-state index is 12.4. The molecule has 1 saturated heterocycles. The highest BCUT2D eigenvalue weighted by Crippen LogP contribution is 2.67. The first kappa shape index (κ1) is 26.6. The van der Waals surface area contributed by atoms with Gasteiger partial charge in [-0.25, -0.2) is 0 Å². The standard InChI is InChI=1S/C28H38O8/c1-17-12-13-23(34-19(3)30)27(16-33-18(2)29)24(32-15-21-10-8-7-9-11-21)14-22-25(35-20(4)31)28(17,27)36-26(22,5)6/h7-11,17,22-25H,12-16H2,1-6H3/t17-,22-,23+,24+,25+,27+,28-/m1/s1. The summed E-state index contributed by atoms with van der Waals surface area (Å²) >= 11 is 0. The Morgan fingerprint density at radius 3 is 2.22 bits per heavy atom. The molecule has 198 valence electrons. The van der Waals surface area contributed by atoms with Gasteiger partial charge in [0.2, 0.25) is 0 Å². The van der Waals surface area contributed by atoms with E-state index in [2.05, 4.69) is 6.92 Å². The molecule has 3 aliphatic rings. The molecule has 0 N–H and O–H groups in total. The van der Waals surface area contributed by atoms with Crippen molar-refractivity contribution in [2.45, 2.75) is 96.9 Å². The van der Waals surface area contributed by atoms with Crippen molar-refractivity contribution in [3.8, 4) is 0 Å². The zero-order chi connectivity index (χ0) is 26.3. The van der Waals surface area contributed by atoms with Gasteiger partial charge in [-0.15, -0.1) is 0 Å². The van der Waals surface area contributed by atoms with E-state index < -0.39 is 52.8 Å². The Bertz CT molecular complexity index is 991. The number of ether oxygens (including phenoxy) is 5. The Morgan fingerprint density at radius 1 is 0.944 bits per heavy atom. The van der Waals surface area contributed by atoms with E-state index in [0.717, 1.165) is 5.56 Å². The van der Waals surface area contributed by atoms with Crippen LogP contribution in [0.5, 0.6) is 0 Å². The SMILES string of the molecule is CC(=O)OC[C@]12[C@@H](OCc3ccccc3)C[C@@H]3[C@H](OC(C)=O)[C@]1(OC3(C)C)[C@H](C)CC[C@@H]2OC(C)=O. The van der Waals surface area contributed by atoms with Crippen molar-refractivity contribution in [2.24, 2.45) is 17.3 Å². The van der Waals surface area contributed by atoms with Crippen LogP contribution in [0.25, 0.3) is 0 Å². The van der Waals surface area contributed by atoms with Crippen LogP contribution in [0.2, 0.25) is 0 Å². The van der Waals surface area contributed by atoms with E-state index in [9.17, 15) is 14.4 Å². The maximum atomic E-state index is 12.4. The molecule has 1 aromatic rings. The van der Waals surface area contributed by atoms with Crippen LogP contribution in [0.4, 0.5) is 0 Å². The summed E-state index contributed by atoms with van der Waals surface area (Å²) in [5, 5.41) is 0. The van der Waals surface area contributed by atoms with E-state index in [-0.39, 0.29) is 18.4 Å². The molecule has 0 unspecified atom stereocenters. The molecule has 0 amide bonds. The molecule has 2 saturated carbocycles. The predicted molar refractivity (Wildman–Crippen MR) is 130 cm³/mol. The monoisotopic (exact) mass is 502 g/mol. The Balaban J connectivity index is 1.90. The highest BCUT2D eigenvalue weighted by Gasteiger charge is 2.80. The van der Waals surface area contributed by atoms with Crippen LogP contribution in [-0.2, 0) is 44.7 Å². The summed E-state index contributed by atoms with van der Waals surface area (Å²) in [7, 11) is 0. The van der Waals surface area contributed by atoms with Crippen molar-refractivity contribution < 1.29 is 38.1 Å². The normalized spacial score (nSPS) is 36.4. The molecule has 0 aromatic heterocycles. The predicted octanol–water partition coefficient (Wildman–Crippen LogP) is 3.98. The minimum absolute atomic E-state index is 0.0787. The van der Waals surface area contributed by atoms with Crippen LogP contribution < -0.4 is 0 Å². The third kappa shape index (κ3) is 4.32. The molecule has 0 radical (unpaired) electrons. The van der Waals surface area contributed by atoms with Crippen LogP contribution in [0.3, 0.4) is 0 Å². The van der Waals surface area contributed by atoms with Gasteiger partial charge in [-0.3, -0.25) is 14.4 Å². The molecule has 8 heteroatoms. The summed E-state index contributed by atoms with van der Waals surface area (Å²) in [5.74, 6) is -1.54. The molecule has 1 heterocycles. The Kier molecular flexibility index (Phi) is 7.23. The van der Waals surface area contributed by atoms with Crippen molar-refractivity contribution in [3.63, 3.8) is 0 Å². The van der Waals surface area contributed by atoms with E-state index in [1.54, 1.807) is 0 Å². The van der Waals surface area contributed by atoms with Gasteiger partial charge in [-0.05, 0) is 44.6 Å². The van der Waals surface area contributed by atoms with Crippen LogP contribution >= 0.6 is 0 Å². The molecular weight excluding hydrogens is 464 g/mol. The van der Waals surface area contributed by atoms with Gasteiger partial charge in [0.1, 0.15) is 29.8 Å². The van der Waals surface area contributed by atoms with Gasteiger partial charge in [-0.1, -0.05) is 37.3 Å². The average Bonchev–Trinajstić information content (AvgIpc) is 2.95. The molecular formula is C28H38O8. The first-order valence-corrected chi connectivity index (χ1v) is 12.8. The molecule has 2 aliphatic carbocycles. The molecule has 36 heavy (non-hydrogen) atoms. The van der Waals surface area contributed by atoms with Gasteiger partial charge in [0.05, 0.1) is 18.3 Å². The molecule has 1 aliphatic heterocycles. The van der Waals surface area contributed by atoms with Crippen LogP contribution in [0, 0.1) is 17.3 Å². The fourth-order valence-electron chi connectivity index (χ4n) is 7.08. The smallest absolute Gasteiger partial charge is 0.303 e. The average molecular weight is 503 g/mol. The molecule has 3 fully saturated rings.